The summed E-state index contributed by atoms with van der Waals surface area (Å²) >= 11 is 0. The molecule has 16 nitrogen and oxygen atoms in total. The van der Waals surface area contributed by atoms with Crippen molar-refractivity contribution in [2.75, 3.05) is 26.3 Å². The number of amides is 7. The zero-order chi connectivity index (χ0) is 40.4. The molecule has 7 amide bonds. The molecule has 2 aromatic rings. The molecule has 3 aliphatic heterocycles. The molecule has 7 N–H and O–H groups in total. The largest absolute Gasteiger partial charge is 0.394 e. The molecule has 7 atom stereocenters. The van der Waals surface area contributed by atoms with E-state index in [2.05, 4.69) is 26.6 Å². The van der Waals surface area contributed by atoms with Gasteiger partial charge in [0, 0.05) is 25.9 Å². The Morgan fingerprint density at radius 2 is 0.929 bits per heavy atom. The minimum atomic E-state index is -1.61. The second-order valence-electron chi connectivity index (χ2n) is 15.1. The van der Waals surface area contributed by atoms with E-state index in [9.17, 15) is 43.8 Å². The Morgan fingerprint density at radius 3 is 1.39 bits per heavy atom. The number of nitrogens with zero attached hydrogens (tertiary/aromatic N) is 2. The van der Waals surface area contributed by atoms with Gasteiger partial charge in [-0.1, -0.05) is 74.5 Å². The van der Waals surface area contributed by atoms with E-state index < -0.39 is 96.9 Å². The fourth-order valence-electron chi connectivity index (χ4n) is 7.54. The number of rotatable bonds is 8. The number of carbonyl (C=O) groups excluding carboxylic acids is 7. The van der Waals surface area contributed by atoms with E-state index in [1.54, 1.807) is 60.7 Å². The topological polar surface area (TPSA) is 227 Å². The van der Waals surface area contributed by atoms with E-state index >= 15 is 0 Å². The van der Waals surface area contributed by atoms with Gasteiger partial charge in [-0.25, -0.2) is 0 Å². The number of nitrogens with one attached hydrogen (secondary N) is 5. The minimum Gasteiger partial charge on any atom is -0.394 e. The summed E-state index contributed by atoms with van der Waals surface area (Å²) in [5.74, 6) is -4.97. The van der Waals surface area contributed by atoms with Crippen LogP contribution in [0.1, 0.15) is 57.1 Å². The molecule has 5 rings (SSSR count). The highest BCUT2D eigenvalue weighted by Crippen LogP contribution is 2.27. The van der Waals surface area contributed by atoms with Crippen LogP contribution in [0.5, 0.6) is 0 Å². The standard InChI is InChI=1S/C40H53N7O9/c1-24(2)19-29-39(55)47-18-10-16-33(47)40(56)46-17-9-15-32(46)38(54)42-28(21-26-13-7-4-8-14-26)35(51)44-31(23-49)37(53)45-30(22-48)36(52)41-27(34(50)43-29)20-25-11-5-3-6-12-25/h3-8,11-14,24,27-33,48-49H,9-10,15-23H2,1-2H3,(H,41,52)(H,42,54)(H,43,50)(H,44,51)(H,45,53). The van der Waals surface area contributed by atoms with Crippen LogP contribution in [0, 0.1) is 5.92 Å². The van der Waals surface area contributed by atoms with Gasteiger partial charge < -0.3 is 46.6 Å². The molecule has 0 aliphatic carbocycles. The second kappa shape index (κ2) is 19.5. The maximum atomic E-state index is 14.3. The molecule has 56 heavy (non-hydrogen) atoms. The van der Waals surface area contributed by atoms with Crippen molar-refractivity contribution in [2.24, 2.45) is 5.92 Å². The van der Waals surface area contributed by atoms with Crippen molar-refractivity contribution in [3.8, 4) is 0 Å². The quantitative estimate of drug-likeness (QED) is 0.173. The molecule has 7 unspecified atom stereocenters. The average molecular weight is 776 g/mol. The monoisotopic (exact) mass is 775 g/mol. The van der Waals surface area contributed by atoms with Gasteiger partial charge in [0.15, 0.2) is 0 Å². The Balaban J connectivity index is 1.52. The molecular weight excluding hydrogens is 722 g/mol. The maximum Gasteiger partial charge on any atom is 0.246 e. The lowest BCUT2D eigenvalue weighted by molar-refractivity contribution is -0.148. The van der Waals surface area contributed by atoms with Crippen molar-refractivity contribution in [3.05, 3.63) is 71.8 Å². The van der Waals surface area contributed by atoms with Crippen molar-refractivity contribution in [3.63, 3.8) is 0 Å². The Labute approximate surface area is 326 Å². The van der Waals surface area contributed by atoms with Crippen LogP contribution in [0.2, 0.25) is 0 Å². The van der Waals surface area contributed by atoms with Crippen molar-refractivity contribution in [1.82, 2.24) is 36.4 Å². The number of aliphatic hydroxyl groups is 2. The third-order valence-electron chi connectivity index (χ3n) is 10.4. The van der Waals surface area contributed by atoms with Crippen LogP contribution in [0.3, 0.4) is 0 Å². The van der Waals surface area contributed by atoms with E-state index in [1.165, 1.54) is 9.80 Å². The SMILES string of the molecule is CC(C)CC1NC(=O)C(Cc2ccccc2)NC(=O)C(CO)NC(=O)C(CO)NC(=O)C(Cc2ccccc2)NC(=O)C2CCCN2C(=O)C2CCCN2C1=O. The fraction of sp³-hybridized carbons (Fsp3) is 0.525. The smallest absolute Gasteiger partial charge is 0.246 e. The molecule has 2 aromatic carbocycles. The number of benzene rings is 2. The molecule has 3 heterocycles. The highest BCUT2D eigenvalue weighted by Gasteiger charge is 2.44. The lowest BCUT2D eigenvalue weighted by Crippen LogP contribution is -2.61. The van der Waals surface area contributed by atoms with Gasteiger partial charge in [0.25, 0.3) is 0 Å². The van der Waals surface area contributed by atoms with E-state index in [4.69, 9.17) is 0 Å². The summed E-state index contributed by atoms with van der Waals surface area (Å²) < 4.78 is 0. The first-order valence-electron chi connectivity index (χ1n) is 19.3. The molecule has 0 aromatic heterocycles. The van der Waals surface area contributed by atoms with Crippen LogP contribution < -0.4 is 26.6 Å². The zero-order valence-corrected chi connectivity index (χ0v) is 31.8. The van der Waals surface area contributed by atoms with Crippen LogP contribution in [0.4, 0.5) is 0 Å². The number of fused-ring (bicyclic) bond motifs is 2. The second-order valence-corrected chi connectivity index (χ2v) is 15.1. The van der Waals surface area contributed by atoms with Crippen LogP contribution in [0.15, 0.2) is 60.7 Å². The first-order valence-corrected chi connectivity index (χ1v) is 19.3. The Hall–Kier alpha value is -5.35. The van der Waals surface area contributed by atoms with Gasteiger partial charge in [-0.15, -0.1) is 0 Å². The number of carbonyl (C=O) groups is 7. The van der Waals surface area contributed by atoms with Crippen molar-refractivity contribution < 1.29 is 43.8 Å². The van der Waals surface area contributed by atoms with Crippen molar-refractivity contribution >= 4 is 41.4 Å². The molecule has 0 saturated carbocycles. The third kappa shape index (κ3) is 10.5. The van der Waals surface area contributed by atoms with E-state index in [1.807, 2.05) is 13.8 Å². The predicted octanol–water partition coefficient (Wildman–Crippen LogP) is -1.08. The highest BCUT2D eigenvalue weighted by molar-refractivity contribution is 5.99. The number of hydrogen-bond donors (Lipinski definition) is 7. The summed E-state index contributed by atoms with van der Waals surface area (Å²) in [4.78, 5) is 100. The molecule has 0 radical (unpaired) electrons. The Morgan fingerprint density at radius 1 is 0.536 bits per heavy atom. The van der Waals surface area contributed by atoms with Crippen LogP contribution in [-0.4, -0.2) is 130 Å². The minimum absolute atomic E-state index is 0.00644. The summed E-state index contributed by atoms with van der Waals surface area (Å²) in [7, 11) is 0. The lowest BCUT2D eigenvalue weighted by Gasteiger charge is -2.34. The molecular formula is C40H53N7O9. The summed E-state index contributed by atoms with van der Waals surface area (Å²) in [6.07, 6.45) is 1.94. The van der Waals surface area contributed by atoms with Crippen LogP contribution in [-0.2, 0) is 46.4 Å². The maximum absolute atomic E-state index is 14.3. The van der Waals surface area contributed by atoms with Gasteiger partial charge in [-0.05, 0) is 49.1 Å². The Bertz CT molecular complexity index is 1730. The average Bonchev–Trinajstić information content (AvgIpc) is 3.89. The lowest BCUT2D eigenvalue weighted by atomic mass is 10.00. The third-order valence-corrected chi connectivity index (χ3v) is 10.4. The van der Waals surface area contributed by atoms with Crippen LogP contribution in [0.25, 0.3) is 0 Å². The molecule has 3 saturated heterocycles. The van der Waals surface area contributed by atoms with Gasteiger partial charge in [-0.3, -0.25) is 33.6 Å². The summed E-state index contributed by atoms with van der Waals surface area (Å²) in [6.45, 7) is 2.51. The molecule has 0 bridgehead atoms. The molecule has 3 aliphatic rings. The van der Waals surface area contributed by atoms with E-state index in [0.29, 0.717) is 36.8 Å². The molecule has 3 fully saturated rings. The summed E-state index contributed by atoms with van der Waals surface area (Å²) in [5, 5.41) is 33.4. The zero-order valence-electron chi connectivity index (χ0n) is 31.8. The van der Waals surface area contributed by atoms with Crippen LogP contribution >= 0.6 is 0 Å². The van der Waals surface area contributed by atoms with Gasteiger partial charge >= 0.3 is 0 Å². The van der Waals surface area contributed by atoms with Crippen molar-refractivity contribution in [1.29, 1.82) is 0 Å². The van der Waals surface area contributed by atoms with E-state index in [-0.39, 0.29) is 38.3 Å². The van der Waals surface area contributed by atoms with Gasteiger partial charge in [0.05, 0.1) is 13.2 Å². The van der Waals surface area contributed by atoms with E-state index in [0.717, 1.165) is 0 Å². The van der Waals surface area contributed by atoms with Gasteiger partial charge in [0.1, 0.15) is 42.3 Å². The normalized spacial score (nSPS) is 27.4. The van der Waals surface area contributed by atoms with Crippen molar-refractivity contribution in [2.45, 2.75) is 101 Å². The number of aliphatic hydroxyl groups excluding tert-OH is 2. The molecule has 0 spiro atoms. The number of hydrogen-bond acceptors (Lipinski definition) is 9. The summed E-state index contributed by atoms with van der Waals surface area (Å²) in [5.41, 5.74) is 1.36. The molecule has 302 valence electrons. The first-order chi connectivity index (χ1) is 26.9. The van der Waals surface area contributed by atoms with Gasteiger partial charge in [-0.2, -0.15) is 0 Å². The highest BCUT2D eigenvalue weighted by atomic mass is 16.3. The first kappa shape index (κ1) is 41.8. The fourth-order valence-corrected chi connectivity index (χ4v) is 7.54. The molecule has 16 heteroatoms. The Kier molecular flexibility index (Phi) is 14.5. The predicted molar refractivity (Wildman–Crippen MR) is 203 cm³/mol. The van der Waals surface area contributed by atoms with Gasteiger partial charge in [0.2, 0.25) is 41.4 Å². The summed E-state index contributed by atoms with van der Waals surface area (Å²) in [6, 6.07) is 9.06.